The third-order valence-corrected chi connectivity index (χ3v) is 14.6. The van der Waals surface area contributed by atoms with Gasteiger partial charge in [-0.1, -0.05) is 224 Å². The molecule has 428 valence electrons. The van der Waals surface area contributed by atoms with Crippen molar-refractivity contribution in [3.05, 3.63) is 36.5 Å². The van der Waals surface area contributed by atoms with Crippen molar-refractivity contribution in [2.24, 2.45) is 0 Å². The number of aliphatic hydroxyl groups excluding tert-OH is 8. The molecule has 2 fully saturated rings. The number of aliphatic hydroxyl groups is 8. The number of amides is 1. The fraction of sp³-hybridized carbons (Fsp3) is 0.881. The van der Waals surface area contributed by atoms with Crippen molar-refractivity contribution in [1.82, 2.24) is 5.32 Å². The highest BCUT2D eigenvalue weighted by atomic mass is 16.7. The Morgan fingerprint density at radius 1 is 0.507 bits per heavy atom. The highest BCUT2D eigenvalue weighted by Crippen LogP contribution is 2.30. The SMILES string of the molecule is CC/C=C\C/C=C\C/C=C\CCCCCCCC(=O)NC(COC1OC(CO)C(OC2OC(CO)C(O)C(O)C2O)C(O)C1O)C(O)CCCCCCCCCCCCCCCCCCCCCCCCCC. The van der Waals surface area contributed by atoms with Crippen molar-refractivity contribution in [3.8, 4) is 0 Å². The maximum atomic E-state index is 13.2. The number of ether oxygens (including phenoxy) is 4. The standard InChI is InChI=1S/C59H109NO13/c1-3-5-7-9-11-13-15-17-19-20-21-22-23-24-25-26-27-29-30-32-34-36-38-40-42-48(63)47(60-51(64)43-41-39-37-35-33-31-28-18-16-14-12-10-8-6-4-2)46-70-58-56(69)54(67)57(50(45-62)72-58)73-59-55(68)53(66)52(65)49(44-61)71-59/h6,8,12,14,18,28,47-50,52-59,61-63,65-69H,3-5,7,9-11,13,15-17,19-27,29-46H2,1-2H3,(H,60,64)/b8-6-,14-12-,28-18-. The molecule has 2 aliphatic heterocycles. The van der Waals surface area contributed by atoms with Crippen molar-refractivity contribution in [3.63, 3.8) is 0 Å². The number of nitrogens with one attached hydrogen (secondary N) is 1. The largest absolute Gasteiger partial charge is 0.394 e. The second kappa shape index (κ2) is 45.3. The van der Waals surface area contributed by atoms with E-state index in [9.17, 15) is 45.6 Å². The monoisotopic (exact) mass is 1040 g/mol. The summed E-state index contributed by atoms with van der Waals surface area (Å²) in [5, 5.41) is 87.2. The number of carbonyl (C=O) groups is 1. The van der Waals surface area contributed by atoms with Gasteiger partial charge in [-0.05, 0) is 44.9 Å². The summed E-state index contributed by atoms with van der Waals surface area (Å²) in [6, 6.07) is -0.838. The molecule has 0 aromatic heterocycles. The van der Waals surface area contributed by atoms with Gasteiger partial charge in [0.2, 0.25) is 5.91 Å². The average molecular weight is 1040 g/mol. The summed E-state index contributed by atoms with van der Waals surface area (Å²) in [6.45, 7) is 2.75. The van der Waals surface area contributed by atoms with Crippen molar-refractivity contribution >= 4 is 5.91 Å². The Morgan fingerprint density at radius 2 is 0.945 bits per heavy atom. The number of unbranched alkanes of at least 4 members (excludes halogenated alkanes) is 28. The zero-order valence-corrected chi connectivity index (χ0v) is 45.9. The van der Waals surface area contributed by atoms with Crippen LogP contribution in [0.1, 0.15) is 239 Å². The van der Waals surface area contributed by atoms with E-state index in [-0.39, 0.29) is 18.9 Å². The Labute approximate surface area is 442 Å². The smallest absolute Gasteiger partial charge is 0.220 e. The van der Waals surface area contributed by atoms with Gasteiger partial charge < -0.3 is 65.1 Å². The Bertz CT molecular complexity index is 1370. The molecule has 12 unspecified atom stereocenters. The summed E-state index contributed by atoms with van der Waals surface area (Å²) in [6.07, 6.45) is 37.2. The number of hydrogen-bond donors (Lipinski definition) is 9. The lowest BCUT2D eigenvalue weighted by Gasteiger charge is -2.46. The predicted molar refractivity (Wildman–Crippen MR) is 291 cm³/mol. The van der Waals surface area contributed by atoms with Crippen LogP contribution in [-0.2, 0) is 23.7 Å². The van der Waals surface area contributed by atoms with E-state index in [1.54, 1.807) is 0 Å². The lowest BCUT2D eigenvalue weighted by Crippen LogP contribution is -2.65. The molecule has 1 amide bonds. The fourth-order valence-electron chi connectivity index (χ4n) is 9.84. The Kier molecular flexibility index (Phi) is 41.7. The quantitative estimate of drug-likeness (QED) is 0.0205. The van der Waals surface area contributed by atoms with E-state index in [1.807, 2.05) is 0 Å². The lowest BCUT2D eigenvalue weighted by atomic mass is 9.97. The highest BCUT2D eigenvalue weighted by molar-refractivity contribution is 5.76. The minimum atomic E-state index is -1.78. The molecular weight excluding hydrogens is 931 g/mol. The van der Waals surface area contributed by atoms with Gasteiger partial charge in [0.15, 0.2) is 12.6 Å². The first kappa shape index (κ1) is 67.3. The minimum Gasteiger partial charge on any atom is -0.394 e. The molecule has 73 heavy (non-hydrogen) atoms. The Hall–Kier alpha value is -1.79. The van der Waals surface area contributed by atoms with Gasteiger partial charge in [0.25, 0.3) is 0 Å². The van der Waals surface area contributed by atoms with Crippen LogP contribution in [0.25, 0.3) is 0 Å². The molecule has 0 aromatic carbocycles. The van der Waals surface area contributed by atoms with Gasteiger partial charge in [-0.15, -0.1) is 0 Å². The molecule has 14 heteroatoms. The molecule has 12 atom stereocenters. The molecule has 14 nitrogen and oxygen atoms in total. The zero-order chi connectivity index (χ0) is 53.2. The van der Waals surface area contributed by atoms with E-state index in [0.29, 0.717) is 12.8 Å². The second-order valence-corrected chi connectivity index (χ2v) is 21.1. The van der Waals surface area contributed by atoms with Gasteiger partial charge in [0, 0.05) is 6.42 Å². The van der Waals surface area contributed by atoms with Gasteiger partial charge in [-0.3, -0.25) is 4.79 Å². The Morgan fingerprint density at radius 3 is 1.45 bits per heavy atom. The molecule has 0 saturated carbocycles. The number of rotatable bonds is 47. The van der Waals surface area contributed by atoms with Crippen LogP contribution in [-0.4, -0.2) is 140 Å². The fourth-order valence-corrected chi connectivity index (χ4v) is 9.84. The van der Waals surface area contributed by atoms with Gasteiger partial charge in [0.1, 0.15) is 48.8 Å². The molecule has 2 heterocycles. The first-order valence-electron chi connectivity index (χ1n) is 29.7. The maximum absolute atomic E-state index is 13.2. The summed E-state index contributed by atoms with van der Waals surface area (Å²) in [5.41, 5.74) is 0. The minimum absolute atomic E-state index is 0.222. The van der Waals surface area contributed by atoms with Crippen LogP contribution in [0.5, 0.6) is 0 Å². The van der Waals surface area contributed by atoms with Crippen molar-refractivity contribution in [2.75, 3.05) is 19.8 Å². The predicted octanol–water partition coefficient (Wildman–Crippen LogP) is 9.83. The summed E-state index contributed by atoms with van der Waals surface area (Å²) in [4.78, 5) is 13.2. The molecular formula is C59H109NO13. The Balaban J connectivity index is 1.74. The average Bonchev–Trinajstić information content (AvgIpc) is 3.39. The number of hydrogen-bond acceptors (Lipinski definition) is 13. The van der Waals surface area contributed by atoms with E-state index < -0.39 is 86.8 Å². The molecule has 0 aliphatic carbocycles. The summed E-state index contributed by atoms with van der Waals surface area (Å²) in [7, 11) is 0. The molecule has 0 bridgehead atoms. The molecule has 0 spiro atoms. The van der Waals surface area contributed by atoms with E-state index >= 15 is 0 Å². The van der Waals surface area contributed by atoms with Gasteiger partial charge >= 0.3 is 0 Å². The summed E-state index contributed by atoms with van der Waals surface area (Å²) >= 11 is 0. The molecule has 2 aliphatic rings. The van der Waals surface area contributed by atoms with Crippen LogP contribution in [0.3, 0.4) is 0 Å². The van der Waals surface area contributed by atoms with Crippen LogP contribution >= 0.6 is 0 Å². The maximum Gasteiger partial charge on any atom is 0.220 e. The topological polar surface area (TPSA) is 228 Å². The molecule has 0 aromatic rings. The number of allylic oxidation sites excluding steroid dienone is 6. The molecule has 0 radical (unpaired) electrons. The van der Waals surface area contributed by atoms with Crippen LogP contribution in [0, 0.1) is 0 Å². The second-order valence-electron chi connectivity index (χ2n) is 21.1. The van der Waals surface area contributed by atoms with Gasteiger partial charge in [0.05, 0.1) is 32.0 Å². The van der Waals surface area contributed by atoms with E-state index in [2.05, 4.69) is 55.6 Å². The summed E-state index contributed by atoms with van der Waals surface area (Å²) in [5.74, 6) is -0.222. The van der Waals surface area contributed by atoms with Crippen LogP contribution in [0.15, 0.2) is 36.5 Å². The van der Waals surface area contributed by atoms with Crippen LogP contribution in [0.2, 0.25) is 0 Å². The van der Waals surface area contributed by atoms with Crippen LogP contribution in [0.4, 0.5) is 0 Å². The van der Waals surface area contributed by atoms with Gasteiger partial charge in [-0.25, -0.2) is 0 Å². The van der Waals surface area contributed by atoms with Gasteiger partial charge in [-0.2, -0.15) is 0 Å². The molecule has 9 N–H and O–H groups in total. The molecule has 2 rings (SSSR count). The van der Waals surface area contributed by atoms with Crippen molar-refractivity contribution in [2.45, 2.75) is 312 Å². The summed E-state index contributed by atoms with van der Waals surface area (Å²) < 4.78 is 22.8. The highest BCUT2D eigenvalue weighted by Gasteiger charge is 2.51. The third kappa shape index (κ3) is 31.3. The third-order valence-electron chi connectivity index (χ3n) is 14.6. The van der Waals surface area contributed by atoms with E-state index in [1.165, 1.54) is 128 Å². The number of carbonyl (C=O) groups excluding carboxylic acids is 1. The first-order chi connectivity index (χ1) is 35.6. The lowest BCUT2D eigenvalue weighted by molar-refractivity contribution is -0.359. The van der Waals surface area contributed by atoms with Crippen molar-refractivity contribution < 1.29 is 64.6 Å². The normalized spacial score (nSPS) is 25.6. The van der Waals surface area contributed by atoms with E-state index in [0.717, 1.165) is 77.0 Å². The molecule has 2 saturated heterocycles. The van der Waals surface area contributed by atoms with Crippen LogP contribution < -0.4 is 5.32 Å². The van der Waals surface area contributed by atoms with E-state index in [4.69, 9.17) is 18.9 Å². The van der Waals surface area contributed by atoms with Crippen molar-refractivity contribution in [1.29, 1.82) is 0 Å². The zero-order valence-electron chi connectivity index (χ0n) is 45.9. The first-order valence-corrected chi connectivity index (χ1v) is 29.7.